The topological polar surface area (TPSA) is 59.0 Å². The highest BCUT2D eigenvalue weighted by atomic mass is 35.5. The fraction of sp³-hybridized carbons (Fsp3) is 0.333. The summed E-state index contributed by atoms with van der Waals surface area (Å²) in [5.74, 6) is 0. The molecule has 3 N–H and O–H groups in total. The Kier molecular flexibility index (Phi) is 4.56. The zero-order valence-electron chi connectivity index (χ0n) is 13.9. The van der Waals surface area contributed by atoms with E-state index in [1.807, 2.05) is 42.5 Å². The molecule has 5 nitrogen and oxygen atoms in total. The lowest BCUT2D eigenvalue weighted by molar-refractivity contribution is 0.331. The molecule has 1 saturated heterocycles. The number of nitrogens with zero attached hydrogens (tertiary/aromatic N) is 2. The number of piperazine rings is 1. The molecule has 0 amide bonds. The van der Waals surface area contributed by atoms with Gasteiger partial charge in [0.1, 0.15) is 0 Å². The Labute approximate surface area is 154 Å². The Balaban J connectivity index is 1.47. The molecule has 2 aliphatic heterocycles. The summed E-state index contributed by atoms with van der Waals surface area (Å²) in [4.78, 5) is 2.84. The first kappa shape index (κ1) is 17.0. The summed E-state index contributed by atoms with van der Waals surface area (Å²) >= 11 is 6.07. The lowest BCUT2D eigenvalue weighted by atomic mass is 10.2. The summed E-state index contributed by atoms with van der Waals surface area (Å²) in [6.45, 7) is 3.59. The SMILES string of the molecule is OS(O)(c1ccc2c(c1)CCN2)N1CCN(c2cccc(Cl)c2)CC1. The smallest absolute Gasteiger partial charge is 0.0756 e. The second-order valence-corrected chi connectivity index (χ2v) is 8.87. The Morgan fingerprint density at radius 3 is 2.56 bits per heavy atom. The van der Waals surface area contributed by atoms with Gasteiger partial charge in [0.05, 0.1) is 4.90 Å². The summed E-state index contributed by atoms with van der Waals surface area (Å²) in [6, 6.07) is 13.5. The summed E-state index contributed by atoms with van der Waals surface area (Å²) in [5.41, 5.74) is 3.34. The minimum Gasteiger partial charge on any atom is -0.384 e. The van der Waals surface area contributed by atoms with Crippen molar-refractivity contribution in [3.63, 3.8) is 0 Å². The third kappa shape index (κ3) is 3.32. The van der Waals surface area contributed by atoms with E-state index in [9.17, 15) is 9.11 Å². The van der Waals surface area contributed by atoms with Crippen molar-refractivity contribution in [3.8, 4) is 0 Å². The molecule has 2 aromatic carbocycles. The molecular formula is C18H22ClN3O2S. The fourth-order valence-electron chi connectivity index (χ4n) is 3.47. The van der Waals surface area contributed by atoms with Gasteiger partial charge in [-0.1, -0.05) is 17.7 Å². The van der Waals surface area contributed by atoms with Crippen LogP contribution in [0.4, 0.5) is 11.4 Å². The van der Waals surface area contributed by atoms with Crippen molar-refractivity contribution in [2.75, 3.05) is 42.9 Å². The molecular weight excluding hydrogens is 358 g/mol. The first-order valence-electron chi connectivity index (χ1n) is 8.45. The molecule has 134 valence electrons. The third-order valence-corrected chi connectivity index (χ3v) is 7.08. The minimum absolute atomic E-state index is 0.601. The number of benzene rings is 2. The van der Waals surface area contributed by atoms with Gasteiger partial charge in [-0.15, -0.1) is 10.8 Å². The highest BCUT2D eigenvalue weighted by molar-refractivity contribution is 8.22. The molecule has 2 heterocycles. The van der Waals surface area contributed by atoms with Crippen LogP contribution >= 0.6 is 22.4 Å². The zero-order chi connectivity index (χ0) is 17.4. The number of rotatable bonds is 3. The Morgan fingerprint density at radius 2 is 1.80 bits per heavy atom. The van der Waals surface area contributed by atoms with E-state index >= 15 is 0 Å². The van der Waals surface area contributed by atoms with Crippen molar-refractivity contribution in [2.45, 2.75) is 11.3 Å². The molecule has 25 heavy (non-hydrogen) atoms. The van der Waals surface area contributed by atoms with Gasteiger partial charge < -0.3 is 10.2 Å². The first-order chi connectivity index (χ1) is 12.0. The van der Waals surface area contributed by atoms with Crippen molar-refractivity contribution in [1.82, 2.24) is 4.31 Å². The molecule has 0 atom stereocenters. The van der Waals surface area contributed by atoms with Gasteiger partial charge in [-0.05, 0) is 48.4 Å². The van der Waals surface area contributed by atoms with E-state index in [-0.39, 0.29) is 0 Å². The van der Waals surface area contributed by atoms with Crippen molar-refractivity contribution in [3.05, 3.63) is 53.1 Å². The quantitative estimate of drug-likeness (QED) is 0.747. The monoisotopic (exact) mass is 379 g/mol. The average molecular weight is 380 g/mol. The molecule has 4 rings (SSSR count). The number of halogens is 1. The highest BCUT2D eigenvalue weighted by Gasteiger charge is 2.30. The van der Waals surface area contributed by atoms with E-state index < -0.39 is 10.8 Å². The van der Waals surface area contributed by atoms with E-state index in [1.165, 1.54) is 0 Å². The maximum atomic E-state index is 10.8. The lowest BCUT2D eigenvalue weighted by Gasteiger charge is -2.47. The molecule has 0 saturated carbocycles. The molecule has 2 aliphatic rings. The Hall–Kier alpha value is -1.44. The van der Waals surface area contributed by atoms with E-state index in [0.29, 0.717) is 18.0 Å². The lowest BCUT2D eigenvalue weighted by Crippen LogP contribution is -2.47. The zero-order valence-corrected chi connectivity index (χ0v) is 15.4. The van der Waals surface area contributed by atoms with Gasteiger partial charge in [0.2, 0.25) is 0 Å². The maximum absolute atomic E-state index is 10.8. The van der Waals surface area contributed by atoms with Crippen LogP contribution in [0.15, 0.2) is 47.4 Å². The van der Waals surface area contributed by atoms with Gasteiger partial charge in [0, 0.05) is 49.1 Å². The van der Waals surface area contributed by atoms with Crippen LogP contribution in [0.25, 0.3) is 0 Å². The van der Waals surface area contributed by atoms with E-state index in [2.05, 4.69) is 10.2 Å². The van der Waals surface area contributed by atoms with Crippen LogP contribution in [0.5, 0.6) is 0 Å². The number of hydrogen-bond acceptors (Lipinski definition) is 5. The number of hydrogen-bond donors (Lipinski definition) is 3. The largest absolute Gasteiger partial charge is 0.384 e. The van der Waals surface area contributed by atoms with Crippen LogP contribution in [-0.4, -0.2) is 46.1 Å². The standard InChI is InChI=1S/C18H22ClN3O2S/c19-15-2-1-3-16(13-15)21-8-10-22(11-9-21)25(23,24)17-4-5-18-14(12-17)6-7-20-18/h1-5,12-13,20,23-24H,6-11H2. The highest BCUT2D eigenvalue weighted by Crippen LogP contribution is 2.52. The van der Waals surface area contributed by atoms with Crippen molar-refractivity contribution >= 4 is 33.8 Å². The second kappa shape index (κ2) is 6.70. The molecule has 0 unspecified atom stereocenters. The number of nitrogens with one attached hydrogen (secondary N) is 1. The van der Waals surface area contributed by atoms with Crippen LogP contribution in [0.1, 0.15) is 5.56 Å². The number of anilines is 2. The van der Waals surface area contributed by atoms with Gasteiger partial charge in [0.15, 0.2) is 0 Å². The van der Waals surface area contributed by atoms with Crippen molar-refractivity contribution in [1.29, 1.82) is 0 Å². The maximum Gasteiger partial charge on any atom is 0.0756 e. The second-order valence-electron chi connectivity index (χ2n) is 6.41. The van der Waals surface area contributed by atoms with Gasteiger partial charge in [0.25, 0.3) is 0 Å². The van der Waals surface area contributed by atoms with Gasteiger partial charge in [-0.25, -0.2) is 0 Å². The van der Waals surface area contributed by atoms with E-state index in [4.69, 9.17) is 11.6 Å². The van der Waals surface area contributed by atoms with E-state index in [1.54, 1.807) is 4.31 Å². The summed E-state index contributed by atoms with van der Waals surface area (Å²) in [7, 11) is -2.94. The summed E-state index contributed by atoms with van der Waals surface area (Å²) in [5, 5.41) is 4.02. The third-order valence-electron chi connectivity index (χ3n) is 4.87. The molecule has 0 bridgehead atoms. The predicted molar refractivity (Wildman–Crippen MR) is 105 cm³/mol. The molecule has 7 heteroatoms. The minimum atomic E-state index is -2.94. The number of fused-ring (bicyclic) bond motifs is 1. The van der Waals surface area contributed by atoms with E-state index in [0.717, 1.165) is 48.0 Å². The van der Waals surface area contributed by atoms with Crippen LogP contribution in [0.2, 0.25) is 5.02 Å². The summed E-state index contributed by atoms with van der Waals surface area (Å²) < 4.78 is 23.5. The fourth-order valence-corrected chi connectivity index (χ4v) is 5.18. The molecule has 0 aliphatic carbocycles. The van der Waals surface area contributed by atoms with Crippen molar-refractivity contribution in [2.24, 2.45) is 0 Å². The molecule has 0 spiro atoms. The molecule has 0 aromatic heterocycles. The normalized spacial score (nSPS) is 18.8. The molecule has 2 aromatic rings. The average Bonchev–Trinajstić information content (AvgIpc) is 3.09. The molecule has 1 fully saturated rings. The van der Waals surface area contributed by atoms with Crippen LogP contribution in [-0.2, 0) is 6.42 Å². The predicted octanol–water partition coefficient (Wildman–Crippen LogP) is 4.15. The summed E-state index contributed by atoms with van der Waals surface area (Å²) in [6.07, 6.45) is 0.932. The van der Waals surface area contributed by atoms with Gasteiger partial charge >= 0.3 is 0 Å². The van der Waals surface area contributed by atoms with Crippen LogP contribution in [0, 0.1) is 0 Å². The van der Waals surface area contributed by atoms with Crippen molar-refractivity contribution < 1.29 is 9.11 Å². The molecule has 0 radical (unpaired) electrons. The van der Waals surface area contributed by atoms with Gasteiger partial charge in [-0.3, -0.25) is 9.11 Å². The van der Waals surface area contributed by atoms with Crippen LogP contribution in [0.3, 0.4) is 0 Å². The van der Waals surface area contributed by atoms with Crippen LogP contribution < -0.4 is 10.2 Å². The van der Waals surface area contributed by atoms with Gasteiger partial charge in [-0.2, -0.15) is 4.31 Å². The first-order valence-corrected chi connectivity index (χ1v) is 10.3. The Bertz CT molecular complexity index is 779. The Morgan fingerprint density at radius 1 is 1.00 bits per heavy atom.